The summed E-state index contributed by atoms with van der Waals surface area (Å²) in [6, 6.07) is 0. The molecule has 38 heavy (non-hydrogen) atoms. The third kappa shape index (κ3) is 23.4. The molecule has 0 radical (unpaired) electrons. The van der Waals surface area contributed by atoms with Gasteiger partial charge in [0.2, 0.25) is 0 Å². The van der Waals surface area contributed by atoms with Crippen LogP contribution < -0.4 is 0 Å². The molecule has 0 saturated carbocycles. The van der Waals surface area contributed by atoms with Crippen LogP contribution in [0.4, 0.5) is 0 Å². The first-order valence-electron chi connectivity index (χ1n) is 17.1. The molecule has 0 aromatic heterocycles. The smallest absolute Gasteiger partial charge is 0.169 e. The second-order valence-corrected chi connectivity index (χ2v) is 12.0. The number of aliphatic hydroxyl groups excluding tert-OH is 3. The van der Waals surface area contributed by atoms with Crippen LogP contribution in [0.3, 0.4) is 0 Å². The van der Waals surface area contributed by atoms with Gasteiger partial charge in [-0.15, -0.1) is 0 Å². The third-order valence-corrected chi connectivity index (χ3v) is 8.29. The molecule has 3 N–H and O–H groups in total. The van der Waals surface area contributed by atoms with Crippen molar-refractivity contribution in [3.8, 4) is 0 Å². The molecule has 0 saturated heterocycles. The number of hydrogen-bond acceptors (Lipinski definition) is 4. The zero-order chi connectivity index (χ0) is 28.1. The van der Waals surface area contributed by atoms with Crippen LogP contribution in [-0.2, 0) is 4.79 Å². The first-order chi connectivity index (χ1) is 18.6. The van der Waals surface area contributed by atoms with E-state index in [1.807, 2.05) is 0 Å². The second kappa shape index (κ2) is 29.5. The van der Waals surface area contributed by atoms with Crippen molar-refractivity contribution in [3.63, 3.8) is 0 Å². The van der Waals surface area contributed by atoms with Gasteiger partial charge in [-0.1, -0.05) is 174 Å². The normalized spacial score (nSPS) is 14.0. The highest BCUT2D eigenvalue weighted by Gasteiger charge is 2.30. The van der Waals surface area contributed by atoms with Gasteiger partial charge in [-0.25, -0.2) is 0 Å². The average Bonchev–Trinajstić information content (AvgIpc) is 2.92. The molecule has 4 nitrogen and oxygen atoms in total. The predicted octanol–water partition coefficient (Wildman–Crippen LogP) is 9.46. The summed E-state index contributed by atoms with van der Waals surface area (Å²) in [4.78, 5) is 12.6. The molecule has 0 rings (SSSR count). The van der Waals surface area contributed by atoms with Crippen LogP contribution in [0.15, 0.2) is 0 Å². The Morgan fingerprint density at radius 1 is 0.474 bits per heavy atom. The summed E-state index contributed by atoms with van der Waals surface area (Å²) in [7, 11) is 0. The largest absolute Gasteiger partial charge is 0.396 e. The molecule has 0 aliphatic carbocycles. The number of hydrogen-bond donors (Lipinski definition) is 3. The van der Waals surface area contributed by atoms with Gasteiger partial charge in [0.05, 0.1) is 18.6 Å². The Hall–Kier alpha value is -0.450. The van der Waals surface area contributed by atoms with Crippen molar-refractivity contribution in [2.45, 2.75) is 199 Å². The second-order valence-electron chi connectivity index (χ2n) is 12.0. The molecule has 0 fully saturated rings. The van der Waals surface area contributed by atoms with E-state index in [-0.39, 0.29) is 12.4 Å². The van der Waals surface area contributed by atoms with Crippen molar-refractivity contribution in [2.75, 3.05) is 6.61 Å². The maximum atomic E-state index is 12.6. The molecule has 0 amide bonds. The summed E-state index contributed by atoms with van der Waals surface area (Å²) in [6.07, 6.45) is 30.6. The van der Waals surface area contributed by atoms with Crippen molar-refractivity contribution >= 4 is 5.78 Å². The number of carbonyl (C=O) groups excluding carboxylic acids is 1. The minimum Gasteiger partial charge on any atom is -0.396 e. The van der Waals surface area contributed by atoms with Gasteiger partial charge in [-0.2, -0.15) is 0 Å². The molecule has 3 atom stereocenters. The Balaban J connectivity index is 3.71. The van der Waals surface area contributed by atoms with Crippen molar-refractivity contribution in [1.82, 2.24) is 0 Å². The van der Waals surface area contributed by atoms with Gasteiger partial charge in [0.1, 0.15) is 6.10 Å². The van der Waals surface area contributed by atoms with Crippen LogP contribution in [-0.4, -0.2) is 39.9 Å². The van der Waals surface area contributed by atoms with E-state index in [9.17, 15) is 20.1 Å². The zero-order valence-electron chi connectivity index (χ0n) is 25.8. The fourth-order valence-electron chi connectivity index (χ4n) is 5.54. The standard InChI is InChI=1S/C34H68O4/c1-3-5-7-9-11-13-15-17-19-20-22-24-26-28-32(36)31(30-35)34(38)33(37)29-27-25-23-21-18-16-14-12-10-8-6-4-2/h31-33,35-37H,3-30H2,1-2H3. The quantitative estimate of drug-likeness (QED) is 0.0765. The van der Waals surface area contributed by atoms with E-state index in [2.05, 4.69) is 13.8 Å². The molecule has 0 aromatic carbocycles. The van der Waals surface area contributed by atoms with E-state index in [1.54, 1.807) is 0 Å². The molecule has 0 heterocycles. The highest BCUT2D eigenvalue weighted by molar-refractivity contribution is 5.85. The molecular formula is C34H68O4. The van der Waals surface area contributed by atoms with Gasteiger partial charge in [0, 0.05) is 0 Å². The Morgan fingerprint density at radius 3 is 1.08 bits per heavy atom. The maximum absolute atomic E-state index is 12.6. The van der Waals surface area contributed by atoms with Crippen molar-refractivity contribution < 1.29 is 20.1 Å². The van der Waals surface area contributed by atoms with E-state index >= 15 is 0 Å². The first kappa shape index (κ1) is 37.6. The van der Waals surface area contributed by atoms with Gasteiger partial charge in [0.25, 0.3) is 0 Å². The summed E-state index contributed by atoms with van der Waals surface area (Å²) in [5.74, 6) is -1.22. The highest BCUT2D eigenvalue weighted by atomic mass is 16.3. The van der Waals surface area contributed by atoms with E-state index in [0.717, 1.165) is 32.1 Å². The average molecular weight is 541 g/mol. The maximum Gasteiger partial charge on any atom is 0.169 e. The SMILES string of the molecule is CCCCCCCCCCCCCCCC(O)C(CO)C(=O)C(O)CCCCCCCCCCCCCC. The van der Waals surface area contributed by atoms with Crippen LogP contribution in [0, 0.1) is 5.92 Å². The molecule has 0 aliphatic heterocycles. The van der Waals surface area contributed by atoms with Crippen LogP contribution >= 0.6 is 0 Å². The first-order valence-corrected chi connectivity index (χ1v) is 17.1. The fraction of sp³-hybridized carbons (Fsp3) is 0.971. The van der Waals surface area contributed by atoms with Crippen molar-refractivity contribution in [1.29, 1.82) is 0 Å². The van der Waals surface area contributed by atoms with Crippen molar-refractivity contribution in [3.05, 3.63) is 0 Å². The third-order valence-electron chi connectivity index (χ3n) is 8.29. The molecular weight excluding hydrogens is 472 g/mol. The molecule has 4 heteroatoms. The lowest BCUT2D eigenvalue weighted by molar-refractivity contribution is -0.137. The van der Waals surface area contributed by atoms with Gasteiger partial charge in [0.15, 0.2) is 5.78 Å². The lowest BCUT2D eigenvalue weighted by atomic mass is 9.89. The van der Waals surface area contributed by atoms with E-state index in [1.165, 1.54) is 128 Å². The summed E-state index contributed by atoms with van der Waals surface area (Å²) in [5, 5.41) is 30.5. The number of carbonyl (C=O) groups is 1. The van der Waals surface area contributed by atoms with Gasteiger partial charge < -0.3 is 15.3 Å². The summed E-state index contributed by atoms with van der Waals surface area (Å²) in [6.45, 7) is 4.13. The highest BCUT2D eigenvalue weighted by Crippen LogP contribution is 2.19. The van der Waals surface area contributed by atoms with E-state index in [0.29, 0.717) is 12.8 Å². The van der Waals surface area contributed by atoms with E-state index in [4.69, 9.17) is 0 Å². The Kier molecular flexibility index (Phi) is 29.2. The summed E-state index contributed by atoms with van der Waals surface area (Å²) >= 11 is 0. The Morgan fingerprint density at radius 2 is 0.763 bits per heavy atom. The minimum atomic E-state index is -1.06. The molecule has 3 unspecified atom stereocenters. The summed E-state index contributed by atoms with van der Waals surface area (Å²) < 4.78 is 0. The van der Waals surface area contributed by atoms with Gasteiger partial charge in [-0.05, 0) is 12.8 Å². The molecule has 0 bridgehead atoms. The topological polar surface area (TPSA) is 77.8 Å². The number of ketones is 1. The van der Waals surface area contributed by atoms with Gasteiger partial charge >= 0.3 is 0 Å². The lowest BCUT2D eigenvalue weighted by Gasteiger charge is -2.22. The van der Waals surface area contributed by atoms with Crippen LogP contribution in [0.25, 0.3) is 0 Å². The van der Waals surface area contributed by atoms with Crippen molar-refractivity contribution in [2.24, 2.45) is 5.92 Å². The Labute approximate surface area is 237 Å². The number of aliphatic hydroxyl groups is 3. The van der Waals surface area contributed by atoms with Crippen LogP contribution in [0.2, 0.25) is 0 Å². The Bertz CT molecular complexity index is 481. The molecule has 0 aliphatic rings. The lowest BCUT2D eigenvalue weighted by Crippen LogP contribution is -2.38. The molecule has 228 valence electrons. The fourth-order valence-corrected chi connectivity index (χ4v) is 5.54. The molecule has 0 aromatic rings. The monoisotopic (exact) mass is 541 g/mol. The minimum absolute atomic E-state index is 0.377. The van der Waals surface area contributed by atoms with Crippen LogP contribution in [0.5, 0.6) is 0 Å². The van der Waals surface area contributed by atoms with Gasteiger partial charge in [-0.3, -0.25) is 4.79 Å². The van der Waals surface area contributed by atoms with E-state index < -0.39 is 18.1 Å². The molecule has 0 spiro atoms. The van der Waals surface area contributed by atoms with Crippen LogP contribution in [0.1, 0.15) is 187 Å². The summed E-state index contributed by atoms with van der Waals surface area (Å²) in [5.41, 5.74) is 0. The number of Topliss-reactive ketones (excluding diaryl/α,β-unsaturated/α-hetero) is 1. The zero-order valence-corrected chi connectivity index (χ0v) is 25.8. The predicted molar refractivity (Wildman–Crippen MR) is 164 cm³/mol. The number of unbranched alkanes of at least 4 members (excludes halogenated alkanes) is 23. The number of rotatable bonds is 31.